The average Bonchev–Trinajstić information content (AvgIpc) is 2.41. The number of fused-ring (bicyclic) bond motifs is 1. The Labute approximate surface area is 129 Å². The number of para-hydroxylation sites is 1. The van der Waals surface area contributed by atoms with Gasteiger partial charge in [-0.3, -0.25) is 0 Å². The normalized spacial score (nSPS) is 10.7. The lowest BCUT2D eigenvalue weighted by atomic mass is 10.2. The van der Waals surface area contributed by atoms with Crippen molar-refractivity contribution >= 4 is 55.9 Å². The lowest BCUT2D eigenvalue weighted by Crippen LogP contribution is -2.01. The molecule has 3 N–H and O–H groups in total. The van der Waals surface area contributed by atoms with Crippen LogP contribution in [0.15, 0.2) is 46.9 Å². The van der Waals surface area contributed by atoms with Crippen LogP contribution in [-0.4, -0.2) is 9.97 Å². The molecular formula is C14H10BrClN4. The van der Waals surface area contributed by atoms with E-state index < -0.39 is 0 Å². The number of nitrogens with one attached hydrogen (secondary N) is 1. The number of nitrogens with zero attached hydrogens (tertiary/aromatic N) is 2. The molecule has 1 aromatic heterocycles. The molecule has 0 saturated carbocycles. The Morgan fingerprint density at radius 2 is 1.90 bits per heavy atom. The van der Waals surface area contributed by atoms with Crippen LogP contribution in [0.1, 0.15) is 0 Å². The van der Waals surface area contributed by atoms with Crippen LogP contribution in [0.5, 0.6) is 0 Å². The van der Waals surface area contributed by atoms with E-state index in [0.717, 1.165) is 21.1 Å². The van der Waals surface area contributed by atoms with E-state index in [4.69, 9.17) is 17.3 Å². The van der Waals surface area contributed by atoms with Crippen LogP contribution in [0.25, 0.3) is 10.9 Å². The van der Waals surface area contributed by atoms with Crippen molar-refractivity contribution in [3.8, 4) is 0 Å². The summed E-state index contributed by atoms with van der Waals surface area (Å²) in [4.78, 5) is 8.47. The Hall–Kier alpha value is -1.85. The quantitative estimate of drug-likeness (QED) is 0.721. The molecule has 0 saturated heterocycles. The van der Waals surface area contributed by atoms with Crippen LogP contribution in [0.3, 0.4) is 0 Å². The monoisotopic (exact) mass is 348 g/mol. The van der Waals surface area contributed by atoms with Gasteiger partial charge in [-0.15, -0.1) is 0 Å². The number of anilines is 3. The van der Waals surface area contributed by atoms with Gasteiger partial charge in [0.15, 0.2) is 0 Å². The van der Waals surface area contributed by atoms with Crippen LogP contribution in [0, 0.1) is 0 Å². The van der Waals surface area contributed by atoms with Crippen LogP contribution in [0.2, 0.25) is 5.02 Å². The average molecular weight is 350 g/mol. The highest BCUT2D eigenvalue weighted by Gasteiger charge is 2.08. The van der Waals surface area contributed by atoms with Gasteiger partial charge in [0.2, 0.25) is 5.95 Å². The van der Waals surface area contributed by atoms with E-state index in [1.807, 2.05) is 36.4 Å². The summed E-state index contributed by atoms with van der Waals surface area (Å²) < 4.78 is 0.853. The fraction of sp³-hybridized carbons (Fsp3) is 0. The topological polar surface area (TPSA) is 63.8 Å². The summed E-state index contributed by atoms with van der Waals surface area (Å²) in [5, 5.41) is 4.81. The molecule has 0 aliphatic carbocycles. The third-order valence-corrected chi connectivity index (χ3v) is 3.70. The first kappa shape index (κ1) is 13.1. The molecule has 2 aromatic carbocycles. The lowest BCUT2D eigenvalue weighted by Gasteiger charge is -2.11. The molecule has 1 heterocycles. The van der Waals surface area contributed by atoms with Crippen LogP contribution in [-0.2, 0) is 0 Å². The molecule has 0 amide bonds. The maximum atomic E-state index is 5.94. The zero-order valence-corrected chi connectivity index (χ0v) is 12.6. The zero-order chi connectivity index (χ0) is 14.1. The van der Waals surface area contributed by atoms with Crippen molar-refractivity contribution in [2.75, 3.05) is 11.1 Å². The third kappa shape index (κ3) is 2.55. The third-order valence-electron chi connectivity index (χ3n) is 2.80. The number of hydrogen-bond donors (Lipinski definition) is 2. The van der Waals surface area contributed by atoms with Gasteiger partial charge in [-0.05, 0) is 46.3 Å². The minimum absolute atomic E-state index is 0.233. The van der Waals surface area contributed by atoms with Crippen molar-refractivity contribution in [3.63, 3.8) is 0 Å². The Balaban J connectivity index is 2.10. The van der Waals surface area contributed by atoms with Gasteiger partial charge in [-0.2, -0.15) is 4.98 Å². The van der Waals surface area contributed by atoms with Gasteiger partial charge in [-0.1, -0.05) is 23.7 Å². The van der Waals surface area contributed by atoms with Gasteiger partial charge in [0.1, 0.15) is 5.82 Å². The van der Waals surface area contributed by atoms with Crippen molar-refractivity contribution in [2.24, 2.45) is 0 Å². The predicted molar refractivity (Wildman–Crippen MR) is 86.4 cm³/mol. The van der Waals surface area contributed by atoms with E-state index in [2.05, 4.69) is 31.2 Å². The largest absolute Gasteiger partial charge is 0.368 e. The number of rotatable bonds is 2. The molecule has 0 unspecified atom stereocenters. The highest BCUT2D eigenvalue weighted by atomic mass is 79.9. The molecular weight excluding hydrogens is 340 g/mol. The Kier molecular flexibility index (Phi) is 3.46. The first-order chi connectivity index (χ1) is 9.63. The summed E-state index contributed by atoms with van der Waals surface area (Å²) in [7, 11) is 0. The maximum Gasteiger partial charge on any atom is 0.222 e. The molecule has 20 heavy (non-hydrogen) atoms. The number of hydrogen-bond acceptors (Lipinski definition) is 4. The Morgan fingerprint density at radius 3 is 2.70 bits per heavy atom. The van der Waals surface area contributed by atoms with Crippen molar-refractivity contribution in [2.45, 2.75) is 0 Å². The first-order valence-electron chi connectivity index (χ1n) is 5.88. The standard InChI is InChI=1S/C14H10BrClN4/c15-10-7-8(16)5-6-12(10)18-13-9-3-1-2-4-11(9)19-14(17)20-13/h1-7H,(H3,17,18,19,20). The summed E-state index contributed by atoms with van der Waals surface area (Å²) >= 11 is 9.40. The number of aromatic nitrogens is 2. The number of nitrogen functional groups attached to an aromatic ring is 1. The van der Waals surface area contributed by atoms with Gasteiger partial charge in [0.25, 0.3) is 0 Å². The molecule has 0 aliphatic rings. The summed E-state index contributed by atoms with van der Waals surface area (Å²) in [6.45, 7) is 0. The van der Waals surface area contributed by atoms with Crippen LogP contribution in [0.4, 0.5) is 17.5 Å². The number of benzene rings is 2. The summed E-state index contributed by atoms with van der Waals surface area (Å²) in [5.74, 6) is 0.896. The number of nitrogens with two attached hydrogens (primary N) is 1. The van der Waals surface area contributed by atoms with Crippen LogP contribution >= 0.6 is 27.5 Å². The minimum Gasteiger partial charge on any atom is -0.368 e. The molecule has 0 bridgehead atoms. The van der Waals surface area contributed by atoms with E-state index in [1.165, 1.54) is 0 Å². The van der Waals surface area contributed by atoms with Gasteiger partial charge in [0.05, 0.1) is 11.2 Å². The first-order valence-corrected chi connectivity index (χ1v) is 7.05. The SMILES string of the molecule is Nc1nc(Nc2ccc(Cl)cc2Br)c2ccccc2n1. The van der Waals surface area contributed by atoms with Gasteiger partial charge in [-0.25, -0.2) is 4.98 Å². The van der Waals surface area contributed by atoms with E-state index in [-0.39, 0.29) is 5.95 Å². The minimum atomic E-state index is 0.233. The molecule has 0 aliphatic heterocycles. The molecule has 0 radical (unpaired) electrons. The summed E-state index contributed by atoms with van der Waals surface area (Å²) in [6.07, 6.45) is 0. The smallest absolute Gasteiger partial charge is 0.222 e. The second-order valence-electron chi connectivity index (χ2n) is 4.20. The van der Waals surface area contributed by atoms with Crippen molar-refractivity contribution in [1.82, 2.24) is 9.97 Å². The summed E-state index contributed by atoms with van der Waals surface area (Å²) in [5.41, 5.74) is 7.40. The second kappa shape index (κ2) is 5.26. The fourth-order valence-electron chi connectivity index (χ4n) is 1.91. The molecule has 100 valence electrons. The molecule has 0 fully saturated rings. The Morgan fingerprint density at radius 1 is 1.10 bits per heavy atom. The number of halogens is 2. The van der Waals surface area contributed by atoms with Gasteiger partial charge in [0, 0.05) is 14.9 Å². The molecule has 4 nitrogen and oxygen atoms in total. The molecule has 0 spiro atoms. The molecule has 6 heteroatoms. The lowest BCUT2D eigenvalue weighted by molar-refractivity contribution is 1.23. The zero-order valence-electron chi connectivity index (χ0n) is 10.3. The van der Waals surface area contributed by atoms with Crippen LogP contribution < -0.4 is 11.1 Å². The van der Waals surface area contributed by atoms with Crippen molar-refractivity contribution < 1.29 is 0 Å². The molecule has 0 atom stereocenters. The fourth-order valence-corrected chi connectivity index (χ4v) is 2.69. The second-order valence-corrected chi connectivity index (χ2v) is 5.49. The van der Waals surface area contributed by atoms with Gasteiger partial charge < -0.3 is 11.1 Å². The van der Waals surface area contributed by atoms with Gasteiger partial charge >= 0.3 is 0 Å². The highest BCUT2D eigenvalue weighted by molar-refractivity contribution is 9.10. The van der Waals surface area contributed by atoms with E-state index in [9.17, 15) is 0 Å². The van der Waals surface area contributed by atoms with E-state index in [1.54, 1.807) is 6.07 Å². The highest BCUT2D eigenvalue weighted by Crippen LogP contribution is 2.30. The Bertz CT molecular complexity index is 791. The predicted octanol–water partition coefficient (Wildman–Crippen LogP) is 4.37. The van der Waals surface area contributed by atoms with E-state index >= 15 is 0 Å². The van der Waals surface area contributed by atoms with E-state index in [0.29, 0.717) is 10.8 Å². The molecule has 3 aromatic rings. The van der Waals surface area contributed by atoms with Crippen molar-refractivity contribution in [1.29, 1.82) is 0 Å². The summed E-state index contributed by atoms with van der Waals surface area (Å²) in [6, 6.07) is 13.2. The van der Waals surface area contributed by atoms with Crippen molar-refractivity contribution in [3.05, 3.63) is 52.0 Å². The maximum absolute atomic E-state index is 5.94. The molecule has 3 rings (SSSR count).